The third kappa shape index (κ3) is 1.85. The second-order valence-corrected chi connectivity index (χ2v) is 5.22. The average Bonchev–Trinajstić information content (AvgIpc) is 2.58. The molecule has 0 aliphatic rings. The van der Waals surface area contributed by atoms with Crippen molar-refractivity contribution < 1.29 is 5.11 Å². The molecule has 0 atom stereocenters. The first-order valence-electron chi connectivity index (χ1n) is 5.73. The second-order valence-electron chi connectivity index (χ2n) is 5.22. The number of fused-ring (bicyclic) bond motifs is 1. The van der Waals surface area contributed by atoms with Crippen LogP contribution in [0.2, 0.25) is 0 Å². The highest BCUT2D eigenvalue weighted by atomic mass is 16.3. The number of nitrogens with one attached hydrogen (secondary N) is 1. The molecule has 0 aliphatic heterocycles. The Bertz CT molecular complexity index is 503. The van der Waals surface area contributed by atoms with Gasteiger partial charge in [0.15, 0.2) is 0 Å². The highest BCUT2D eigenvalue weighted by molar-refractivity contribution is 5.84. The minimum atomic E-state index is -0.780. The molecule has 0 bridgehead atoms. The van der Waals surface area contributed by atoms with Gasteiger partial charge in [-0.25, -0.2) is 0 Å². The van der Waals surface area contributed by atoms with Crippen molar-refractivity contribution in [3.8, 4) is 0 Å². The van der Waals surface area contributed by atoms with Crippen molar-refractivity contribution >= 4 is 10.9 Å². The Balaban J connectivity index is 2.58. The Morgan fingerprint density at radius 1 is 1.25 bits per heavy atom. The van der Waals surface area contributed by atoms with Gasteiger partial charge >= 0.3 is 0 Å². The molecule has 1 aromatic heterocycles. The molecule has 0 saturated heterocycles. The molecule has 0 radical (unpaired) electrons. The molecule has 1 heterocycles. The van der Waals surface area contributed by atoms with Gasteiger partial charge in [0.25, 0.3) is 0 Å². The molecule has 2 rings (SSSR count). The molecule has 0 amide bonds. The molecule has 0 spiro atoms. The molecule has 0 aliphatic carbocycles. The number of aliphatic hydroxyl groups is 1. The van der Waals surface area contributed by atoms with Crippen molar-refractivity contribution in [3.63, 3.8) is 0 Å². The second kappa shape index (κ2) is 3.63. The van der Waals surface area contributed by atoms with Crippen LogP contribution in [0.15, 0.2) is 24.4 Å². The Labute approximate surface area is 96.3 Å². The van der Waals surface area contributed by atoms with Gasteiger partial charge in [-0.1, -0.05) is 26.0 Å². The van der Waals surface area contributed by atoms with Gasteiger partial charge in [0.2, 0.25) is 0 Å². The zero-order valence-corrected chi connectivity index (χ0v) is 10.3. The molecule has 0 fully saturated rings. The van der Waals surface area contributed by atoms with Gasteiger partial charge < -0.3 is 10.1 Å². The number of hydrogen-bond donors (Lipinski definition) is 2. The van der Waals surface area contributed by atoms with Crippen LogP contribution >= 0.6 is 0 Å². The summed E-state index contributed by atoms with van der Waals surface area (Å²) in [7, 11) is 0. The molecule has 16 heavy (non-hydrogen) atoms. The maximum absolute atomic E-state index is 9.95. The number of benzene rings is 1. The lowest BCUT2D eigenvalue weighted by Gasteiger charge is -2.17. The smallest absolute Gasteiger partial charge is 0.0841 e. The predicted molar refractivity (Wildman–Crippen MR) is 67.6 cm³/mol. The van der Waals surface area contributed by atoms with E-state index in [1.54, 1.807) is 13.8 Å². The SMILES string of the molecule is CC(C)c1c[nH]c2cc(C(C)(C)O)ccc12. The van der Waals surface area contributed by atoms with Crippen LogP contribution in [0.3, 0.4) is 0 Å². The summed E-state index contributed by atoms with van der Waals surface area (Å²) in [5.41, 5.74) is 2.59. The minimum Gasteiger partial charge on any atom is -0.386 e. The molecule has 2 N–H and O–H groups in total. The van der Waals surface area contributed by atoms with Crippen LogP contribution in [0.5, 0.6) is 0 Å². The predicted octanol–water partition coefficient (Wildman–Crippen LogP) is 3.52. The number of rotatable bonds is 2. The third-order valence-corrected chi connectivity index (χ3v) is 3.04. The van der Waals surface area contributed by atoms with E-state index >= 15 is 0 Å². The summed E-state index contributed by atoms with van der Waals surface area (Å²) in [6, 6.07) is 6.12. The number of H-pyrrole nitrogens is 1. The fourth-order valence-corrected chi connectivity index (χ4v) is 2.01. The van der Waals surface area contributed by atoms with Crippen molar-refractivity contribution in [1.29, 1.82) is 0 Å². The first-order chi connectivity index (χ1) is 7.39. The molecule has 0 unspecified atom stereocenters. The van der Waals surface area contributed by atoms with Crippen molar-refractivity contribution in [2.75, 3.05) is 0 Å². The molecule has 0 saturated carbocycles. The van der Waals surface area contributed by atoms with Gasteiger partial charge in [-0.3, -0.25) is 0 Å². The van der Waals surface area contributed by atoms with Crippen molar-refractivity contribution in [2.24, 2.45) is 0 Å². The summed E-state index contributed by atoms with van der Waals surface area (Å²) in [4.78, 5) is 3.27. The Morgan fingerprint density at radius 3 is 2.50 bits per heavy atom. The quantitative estimate of drug-likeness (QED) is 0.793. The number of aromatic nitrogens is 1. The van der Waals surface area contributed by atoms with Crippen molar-refractivity contribution in [3.05, 3.63) is 35.5 Å². The van der Waals surface area contributed by atoms with E-state index in [-0.39, 0.29) is 0 Å². The summed E-state index contributed by atoms with van der Waals surface area (Å²) in [5.74, 6) is 0.515. The van der Waals surface area contributed by atoms with Crippen LogP contribution < -0.4 is 0 Å². The van der Waals surface area contributed by atoms with Crippen LogP contribution in [0.25, 0.3) is 10.9 Å². The fourth-order valence-electron chi connectivity index (χ4n) is 2.01. The number of aromatic amines is 1. The van der Waals surface area contributed by atoms with E-state index in [2.05, 4.69) is 31.1 Å². The van der Waals surface area contributed by atoms with E-state index in [0.29, 0.717) is 5.92 Å². The molecule has 86 valence electrons. The standard InChI is InChI=1S/C14H19NO/c1-9(2)12-8-15-13-7-10(14(3,4)16)5-6-11(12)13/h5-9,15-16H,1-4H3. The Morgan fingerprint density at radius 2 is 1.94 bits per heavy atom. The summed E-state index contributed by atoms with van der Waals surface area (Å²) >= 11 is 0. The zero-order chi connectivity index (χ0) is 11.9. The molecular weight excluding hydrogens is 198 g/mol. The van der Waals surface area contributed by atoms with Gasteiger partial charge in [0.1, 0.15) is 0 Å². The first-order valence-corrected chi connectivity index (χ1v) is 5.73. The van der Waals surface area contributed by atoms with Gasteiger partial charge in [0, 0.05) is 17.1 Å². The van der Waals surface area contributed by atoms with Crippen LogP contribution in [0, 0.1) is 0 Å². The highest BCUT2D eigenvalue weighted by Crippen LogP contribution is 2.28. The van der Waals surface area contributed by atoms with Crippen LogP contribution in [-0.2, 0) is 5.60 Å². The summed E-state index contributed by atoms with van der Waals surface area (Å²) in [5, 5.41) is 11.2. The number of hydrogen-bond acceptors (Lipinski definition) is 1. The van der Waals surface area contributed by atoms with E-state index in [1.807, 2.05) is 12.1 Å². The molecule has 2 nitrogen and oxygen atoms in total. The summed E-state index contributed by atoms with van der Waals surface area (Å²) < 4.78 is 0. The topological polar surface area (TPSA) is 36.0 Å². The van der Waals surface area contributed by atoms with E-state index in [4.69, 9.17) is 0 Å². The van der Waals surface area contributed by atoms with E-state index < -0.39 is 5.60 Å². The summed E-state index contributed by atoms with van der Waals surface area (Å²) in [6.07, 6.45) is 2.06. The van der Waals surface area contributed by atoms with Crippen LogP contribution in [0.1, 0.15) is 44.7 Å². The van der Waals surface area contributed by atoms with Gasteiger partial charge in [-0.05, 0) is 37.0 Å². The maximum Gasteiger partial charge on any atom is 0.0841 e. The summed E-state index contributed by atoms with van der Waals surface area (Å²) in [6.45, 7) is 7.99. The fraction of sp³-hybridized carbons (Fsp3) is 0.429. The van der Waals surface area contributed by atoms with Crippen molar-refractivity contribution in [1.82, 2.24) is 4.98 Å². The molecule has 2 aromatic rings. The monoisotopic (exact) mass is 217 g/mol. The van der Waals surface area contributed by atoms with E-state index in [1.165, 1.54) is 10.9 Å². The lowest BCUT2D eigenvalue weighted by molar-refractivity contribution is 0.0787. The molecule has 1 aromatic carbocycles. The average molecular weight is 217 g/mol. The first kappa shape index (κ1) is 11.2. The lowest BCUT2D eigenvalue weighted by Crippen LogP contribution is -2.14. The normalized spacial score (nSPS) is 12.6. The van der Waals surface area contributed by atoms with Gasteiger partial charge in [-0.15, -0.1) is 0 Å². The third-order valence-electron chi connectivity index (χ3n) is 3.04. The van der Waals surface area contributed by atoms with Gasteiger partial charge in [0.05, 0.1) is 5.60 Å². The van der Waals surface area contributed by atoms with E-state index in [9.17, 15) is 5.11 Å². The lowest BCUT2D eigenvalue weighted by atomic mass is 9.95. The maximum atomic E-state index is 9.95. The van der Waals surface area contributed by atoms with Crippen LogP contribution in [-0.4, -0.2) is 10.1 Å². The minimum absolute atomic E-state index is 0.515. The Kier molecular flexibility index (Phi) is 2.55. The highest BCUT2D eigenvalue weighted by Gasteiger charge is 2.17. The van der Waals surface area contributed by atoms with Crippen LogP contribution in [0.4, 0.5) is 0 Å². The van der Waals surface area contributed by atoms with Crippen molar-refractivity contribution in [2.45, 2.75) is 39.2 Å². The van der Waals surface area contributed by atoms with Gasteiger partial charge in [-0.2, -0.15) is 0 Å². The Hall–Kier alpha value is -1.28. The zero-order valence-electron chi connectivity index (χ0n) is 10.3. The largest absolute Gasteiger partial charge is 0.386 e. The molecular formula is C14H19NO. The molecule has 2 heteroatoms. The van der Waals surface area contributed by atoms with E-state index in [0.717, 1.165) is 11.1 Å².